The van der Waals surface area contributed by atoms with Crippen molar-refractivity contribution in [3.05, 3.63) is 29.8 Å². The predicted molar refractivity (Wildman–Crippen MR) is 72.4 cm³/mol. The Kier molecular flexibility index (Phi) is 4.60. The Morgan fingerprint density at radius 1 is 1.21 bits per heavy atom. The van der Waals surface area contributed by atoms with Gasteiger partial charge in [-0.15, -0.1) is 0 Å². The Hall–Kier alpha value is -1.11. The van der Waals surface area contributed by atoms with Crippen molar-refractivity contribution in [1.82, 2.24) is 5.06 Å². The fourth-order valence-corrected chi connectivity index (χ4v) is 2.31. The van der Waals surface area contributed by atoms with Gasteiger partial charge in [-0.2, -0.15) is 0 Å². The Balaban J connectivity index is 3.08. The van der Waals surface area contributed by atoms with Gasteiger partial charge in [0.15, 0.2) is 0 Å². The Morgan fingerprint density at radius 2 is 1.68 bits per heavy atom. The third kappa shape index (κ3) is 3.92. The minimum Gasteiger partial charge on any atom is -0.273 e. The minimum absolute atomic E-state index is 0.0505. The maximum atomic E-state index is 12.2. The Bertz CT molecular complexity index is 560. The van der Waals surface area contributed by atoms with Crippen LogP contribution in [0.4, 0.5) is 0 Å². The van der Waals surface area contributed by atoms with Crippen LogP contribution in [-0.4, -0.2) is 32.0 Å². The van der Waals surface area contributed by atoms with Gasteiger partial charge in [0.25, 0.3) is 15.0 Å². The van der Waals surface area contributed by atoms with Gasteiger partial charge in [-0.05, 0) is 45.0 Å². The zero-order chi connectivity index (χ0) is 14.8. The van der Waals surface area contributed by atoms with Gasteiger partial charge in [-0.25, -0.2) is 13.5 Å². The Morgan fingerprint density at radius 3 is 2.00 bits per heavy atom. The average Bonchev–Trinajstić information content (AvgIpc) is 2.27. The van der Waals surface area contributed by atoms with Gasteiger partial charge in [-0.1, -0.05) is 0 Å². The van der Waals surface area contributed by atoms with Crippen LogP contribution in [0.3, 0.4) is 0 Å². The molecule has 1 aromatic rings. The molecule has 0 unspecified atom stereocenters. The van der Waals surface area contributed by atoms with Crippen LogP contribution in [0.5, 0.6) is 0 Å². The van der Waals surface area contributed by atoms with E-state index in [1.54, 1.807) is 0 Å². The summed E-state index contributed by atoms with van der Waals surface area (Å²) in [7, 11) is 2.83. The second-order valence-corrected chi connectivity index (χ2v) is 7.48. The highest BCUT2D eigenvalue weighted by molar-refractivity contribution is 8.13. The van der Waals surface area contributed by atoms with E-state index >= 15 is 0 Å². The van der Waals surface area contributed by atoms with E-state index in [0.29, 0.717) is 5.56 Å². The monoisotopic (exact) mass is 305 g/mol. The van der Waals surface area contributed by atoms with Gasteiger partial charge >= 0.3 is 0 Å². The molecule has 0 radical (unpaired) electrons. The quantitative estimate of drug-likeness (QED) is 0.635. The van der Waals surface area contributed by atoms with Gasteiger partial charge in [-0.3, -0.25) is 9.63 Å². The molecule has 0 bridgehead atoms. The van der Waals surface area contributed by atoms with Crippen LogP contribution in [0, 0.1) is 0 Å². The highest BCUT2D eigenvalue weighted by Gasteiger charge is 2.28. The molecule has 106 valence electrons. The SMILES string of the molecule is CON(C(=O)c1ccc(S(=O)(=O)Cl)cc1)C(C)(C)C. The molecule has 0 atom stereocenters. The standard InChI is InChI=1S/C12H16ClNO4S/c1-12(2,3)14(18-4)11(15)9-5-7-10(8-6-9)19(13,16)17/h5-8H,1-4H3. The summed E-state index contributed by atoms with van der Waals surface area (Å²) < 4.78 is 22.2. The number of rotatable bonds is 3. The summed E-state index contributed by atoms with van der Waals surface area (Å²) in [5.41, 5.74) is -0.191. The molecule has 0 fully saturated rings. The number of hydroxylamine groups is 2. The molecule has 0 aliphatic carbocycles. The number of benzene rings is 1. The number of nitrogens with zero attached hydrogens (tertiary/aromatic N) is 1. The lowest BCUT2D eigenvalue weighted by Crippen LogP contribution is -2.44. The van der Waals surface area contributed by atoms with Crippen LogP contribution in [0.25, 0.3) is 0 Å². The fourth-order valence-electron chi connectivity index (χ4n) is 1.54. The first-order valence-electron chi connectivity index (χ1n) is 5.51. The summed E-state index contributed by atoms with van der Waals surface area (Å²) in [4.78, 5) is 17.2. The van der Waals surface area contributed by atoms with Crippen molar-refractivity contribution in [2.45, 2.75) is 31.2 Å². The maximum Gasteiger partial charge on any atom is 0.277 e. The van der Waals surface area contributed by atoms with Gasteiger partial charge in [0.1, 0.15) is 0 Å². The maximum absolute atomic E-state index is 12.2. The molecule has 0 saturated carbocycles. The summed E-state index contributed by atoms with van der Waals surface area (Å²) in [6, 6.07) is 5.36. The largest absolute Gasteiger partial charge is 0.277 e. The molecule has 19 heavy (non-hydrogen) atoms. The highest BCUT2D eigenvalue weighted by atomic mass is 35.7. The van der Waals surface area contributed by atoms with Crippen LogP contribution >= 0.6 is 10.7 Å². The zero-order valence-corrected chi connectivity index (χ0v) is 12.7. The second kappa shape index (κ2) is 5.48. The average molecular weight is 306 g/mol. The fraction of sp³-hybridized carbons (Fsp3) is 0.417. The number of carbonyl (C=O) groups is 1. The van der Waals surface area contributed by atoms with E-state index in [0.717, 1.165) is 0 Å². The number of hydrogen-bond donors (Lipinski definition) is 0. The van der Waals surface area contributed by atoms with Crippen molar-refractivity contribution >= 4 is 25.6 Å². The summed E-state index contributed by atoms with van der Waals surface area (Å²) in [6.45, 7) is 5.48. The van der Waals surface area contributed by atoms with Crippen LogP contribution in [0.1, 0.15) is 31.1 Å². The van der Waals surface area contributed by atoms with E-state index in [9.17, 15) is 13.2 Å². The van der Waals surface area contributed by atoms with E-state index in [-0.39, 0.29) is 10.8 Å². The molecule has 0 aliphatic heterocycles. The zero-order valence-electron chi connectivity index (χ0n) is 11.2. The molecule has 0 saturated heterocycles. The predicted octanol–water partition coefficient (Wildman–Crippen LogP) is 2.42. The molecule has 0 aliphatic rings. The van der Waals surface area contributed by atoms with Crippen LogP contribution in [0.15, 0.2) is 29.2 Å². The van der Waals surface area contributed by atoms with Crippen molar-refractivity contribution in [1.29, 1.82) is 0 Å². The molecule has 5 nitrogen and oxygen atoms in total. The van der Waals surface area contributed by atoms with Gasteiger partial charge in [0.05, 0.1) is 17.5 Å². The topological polar surface area (TPSA) is 63.7 Å². The van der Waals surface area contributed by atoms with Crippen molar-refractivity contribution in [2.24, 2.45) is 0 Å². The van der Waals surface area contributed by atoms with Gasteiger partial charge in [0.2, 0.25) is 0 Å². The first kappa shape index (κ1) is 15.9. The van der Waals surface area contributed by atoms with E-state index in [1.165, 1.54) is 36.4 Å². The third-order valence-electron chi connectivity index (χ3n) is 2.36. The minimum atomic E-state index is -3.78. The second-order valence-electron chi connectivity index (χ2n) is 4.92. The Labute approximate surface area is 117 Å². The lowest BCUT2D eigenvalue weighted by molar-refractivity contribution is -0.146. The van der Waals surface area contributed by atoms with E-state index in [1.807, 2.05) is 20.8 Å². The summed E-state index contributed by atoms with van der Waals surface area (Å²) in [5.74, 6) is -0.353. The van der Waals surface area contributed by atoms with E-state index in [2.05, 4.69) is 0 Å². The van der Waals surface area contributed by atoms with Crippen molar-refractivity contribution in [3.8, 4) is 0 Å². The van der Waals surface area contributed by atoms with E-state index in [4.69, 9.17) is 15.5 Å². The van der Waals surface area contributed by atoms with E-state index < -0.39 is 14.6 Å². The number of halogens is 1. The van der Waals surface area contributed by atoms with Crippen LogP contribution in [-0.2, 0) is 13.9 Å². The van der Waals surface area contributed by atoms with Crippen molar-refractivity contribution in [3.63, 3.8) is 0 Å². The molecular weight excluding hydrogens is 290 g/mol. The smallest absolute Gasteiger partial charge is 0.273 e. The van der Waals surface area contributed by atoms with Gasteiger partial charge < -0.3 is 0 Å². The third-order valence-corrected chi connectivity index (χ3v) is 3.73. The van der Waals surface area contributed by atoms with Crippen molar-refractivity contribution in [2.75, 3.05) is 7.11 Å². The molecule has 0 spiro atoms. The molecule has 0 N–H and O–H groups in total. The highest BCUT2D eigenvalue weighted by Crippen LogP contribution is 2.20. The lowest BCUT2D eigenvalue weighted by atomic mass is 10.1. The molecule has 7 heteroatoms. The molecule has 0 aromatic heterocycles. The number of amides is 1. The molecular formula is C12H16ClNO4S. The molecule has 1 aromatic carbocycles. The summed E-state index contributed by atoms with van der Waals surface area (Å²) in [6.07, 6.45) is 0. The molecule has 0 heterocycles. The molecule has 1 rings (SSSR count). The summed E-state index contributed by atoms with van der Waals surface area (Å²) in [5, 5.41) is 1.22. The van der Waals surface area contributed by atoms with Crippen molar-refractivity contribution < 1.29 is 18.0 Å². The molecule has 1 amide bonds. The lowest BCUT2D eigenvalue weighted by Gasteiger charge is -2.32. The first-order valence-corrected chi connectivity index (χ1v) is 7.81. The normalized spacial score (nSPS) is 12.3. The number of carbonyl (C=O) groups excluding carboxylic acids is 1. The van der Waals surface area contributed by atoms with Gasteiger partial charge in [0, 0.05) is 16.2 Å². The summed E-state index contributed by atoms with van der Waals surface area (Å²) >= 11 is 0. The number of hydrogen-bond acceptors (Lipinski definition) is 4. The van der Waals surface area contributed by atoms with Crippen LogP contribution in [0.2, 0.25) is 0 Å². The first-order chi connectivity index (χ1) is 8.57. The van der Waals surface area contributed by atoms with Crippen LogP contribution < -0.4 is 0 Å².